The predicted molar refractivity (Wildman–Crippen MR) is 57.8 cm³/mol. The van der Waals surface area contributed by atoms with Gasteiger partial charge in [-0.3, -0.25) is 4.79 Å². The van der Waals surface area contributed by atoms with Gasteiger partial charge in [0, 0.05) is 11.8 Å². The lowest BCUT2D eigenvalue weighted by Crippen LogP contribution is -2.20. The Morgan fingerprint density at radius 3 is 2.15 bits per heavy atom. The molecule has 1 nitrogen and oxygen atoms in total. The zero-order chi connectivity index (χ0) is 10.3. The molecule has 0 aromatic carbocycles. The lowest BCUT2D eigenvalue weighted by molar-refractivity contribution is -0.126. The van der Waals surface area contributed by atoms with Crippen LogP contribution in [0.2, 0.25) is 0 Å². The van der Waals surface area contributed by atoms with Gasteiger partial charge >= 0.3 is 0 Å². The van der Waals surface area contributed by atoms with Crippen molar-refractivity contribution in [3.63, 3.8) is 0 Å². The fourth-order valence-electron chi connectivity index (χ4n) is 1.60. The lowest BCUT2D eigenvalue weighted by atomic mass is 9.87. The number of carbonyl (C=O) groups excluding carboxylic acids is 1. The van der Waals surface area contributed by atoms with Gasteiger partial charge in [0.05, 0.1) is 0 Å². The molecule has 0 saturated heterocycles. The van der Waals surface area contributed by atoms with Crippen LogP contribution in [0.5, 0.6) is 0 Å². The van der Waals surface area contributed by atoms with Crippen molar-refractivity contribution in [2.24, 2.45) is 11.8 Å². The molecule has 0 amide bonds. The van der Waals surface area contributed by atoms with E-state index < -0.39 is 0 Å². The molecule has 0 heterocycles. The zero-order valence-corrected chi connectivity index (χ0v) is 9.60. The summed E-state index contributed by atoms with van der Waals surface area (Å²) in [6, 6.07) is 0. The summed E-state index contributed by atoms with van der Waals surface area (Å²) in [7, 11) is 0. The third-order valence-electron chi connectivity index (χ3n) is 2.90. The van der Waals surface area contributed by atoms with E-state index in [2.05, 4.69) is 27.7 Å². The minimum atomic E-state index is 0.266. The van der Waals surface area contributed by atoms with Crippen LogP contribution in [0.1, 0.15) is 59.8 Å². The van der Waals surface area contributed by atoms with E-state index in [0.29, 0.717) is 11.7 Å². The average molecular weight is 184 g/mol. The highest BCUT2D eigenvalue weighted by Gasteiger charge is 2.20. The minimum absolute atomic E-state index is 0.266. The Labute approximate surface area is 82.9 Å². The van der Waals surface area contributed by atoms with Crippen LogP contribution in [-0.2, 0) is 4.79 Å². The van der Waals surface area contributed by atoms with E-state index in [1.54, 1.807) is 0 Å². The standard InChI is InChI=1S/C12H24O/c1-5-8-9-11(7-3)12(13)10(4)6-2/h10-11H,5-9H2,1-4H3. The molecule has 0 spiro atoms. The second-order valence-corrected chi connectivity index (χ2v) is 3.96. The van der Waals surface area contributed by atoms with Crippen LogP contribution in [0.3, 0.4) is 0 Å². The monoisotopic (exact) mass is 184 g/mol. The first kappa shape index (κ1) is 12.7. The van der Waals surface area contributed by atoms with Crippen molar-refractivity contribution in [2.45, 2.75) is 59.8 Å². The molecule has 0 aliphatic heterocycles. The van der Waals surface area contributed by atoms with E-state index in [0.717, 1.165) is 19.3 Å². The van der Waals surface area contributed by atoms with Crippen molar-refractivity contribution in [2.75, 3.05) is 0 Å². The summed E-state index contributed by atoms with van der Waals surface area (Å²) in [6.45, 7) is 8.45. The molecule has 0 aromatic rings. The number of unbranched alkanes of at least 4 members (excludes halogenated alkanes) is 1. The number of carbonyl (C=O) groups is 1. The van der Waals surface area contributed by atoms with Crippen molar-refractivity contribution in [3.8, 4) is 0 Å². The Morgan fingerprint density at radius 1 is 1.15 bits per heavy atom. The van der Waals surface area contributed by atoms with Crippen LogP contribution < -0.4 is 0 Å². The second kappa shape index (κ2) is 7.11. The first-order chi connectivity index (χ1) is 6.17. The summed E-state index contributed by atoms with van der Waals surface area (Å²) < 4.78 is 0. The summed E-state index contributed by atoms with van der Waals surface area (Å²) in [5.74, 6) is 1.08. The van der Waals surface area contributed by atoms with Gasteiger partial charge in [-0.2, -0.15) is 0 Å². The van der Waals surface area contributed by atoms with E-state index in [1.165, 1.54) is 12.8 Å². The van der Waals surface area contributed by atoms with Crippen LogP contribution in [-0.4, -0.2) is 5.78 Å². The molecule has 1 heteroatoms. The number of hydrogen-bond acceptors (Lipinski definition) is 1. The number of Topliss-reactive ketones (excluding diaryl/α,β-unsaturated/α-hetero) is 1. The largest absolute Gasteiger partial charge is 0.299 e. The fraction of sp³-hybridized carbons (Fsp3) is 0.917. The highest BCUT2D eigenvalue weighted by Crippen LogP contribution is 2.19. The molecule has 0 rings (SSSR count). The Kier molecular flexibility index (Phi) is 6.93. The third-order valence-corrected chi connectivity index (χ3v) is 2.90. The van der Waals surface area contributed by atoms with Gasteiger partial charge in [-0.05, 0) is 19.3 Å². The second-order valence-electron chi connectivity index (χ2n) is 3.96. The van der Waals surface area contributed by atoms with Crippen LogP contribution in [0, 0.1) is 11.8 Å². The Bertz CT molecular complexity index is 140. The van der Waals surface area contributed by atoms with Gasteiger partial charge in [-0.1, -0.05) is 40.5 Å². The number of hydrogen-bond donors (Lipinski definition) is 0. The molecule has 0 N–H and O–H groups in total. The van der Waals surface area contributed by atoms with E-state index in [-0.39, 0.29) is 5.92 Å². The Balaban J connectivity index is 3.98. The van der Waals surface area contributed by atoms with E-state index in [4.69, 9.17) is 0 Å². The van der Waals surface area contributed by atoms with Gasteiger partial charge in [-0.15, -0.1) is 0 Å². The van der Waals surface area contributed by atoms with Gasteiger partial charge < -0.3 is 0 Å². The smallest absolute Gasteiger partial charge is 0.138 e. The summed E-state index contributed by atoms with van der Waals surface area (Å²) in [4.78, 5) is 11.8. The molecule has 2 atom stereocenters. The average Bonchev–Trinajstić information content (AvgIpc) is 2.17. The summed E-state index contributed by atoms with van der Waals surface area (Å²) in [5.41, 5.74) is 0. The van der Waals surface area contributed by atoms with Crippen molar-refractivity contribution in [1.82, 2.24) is 0 Å². The van der Waals surface area contributed by atoms with E-state index >= 15 is 0 Å². The SMILES string of the molecule is CCCCC(CC)C(=O)C(C)CC. The molecule has 13 heavy (non-hydrogen) atoms. The molecule has 0 aliphatic rings. The van der Waals surface area contributed by atoms with Gasteiger partial charge in [0.2, 0.25) is 0 Å². The highest BCUT2D eigenvalue weighted by molar-refractivity contribution is 5.82. The highest BCUT2D eigenvalue weighted by atomic mass is 16.1. The molecule has 0 saturated carbocycles. The van der Waals surface area contributed by atoms with E-state index in [9.17, 15) is 4.79 Å². The quantitative estimate of drug-likeness (QED) is 0.588. The molecule has 2 unspecified atom stereocenters. The molecule has 0 aromatic heterocycles. The molecular weight excluding hydrogens is 160 g/mol. The van der Waals surface area contributed by atoms with Crippen molar-refractivity contribution < 1.29 is 4.79 Å². The predicted octanol–water partition coefficient (Wildman–Crippen LogP) is 3.82. The maximum Gasteiger partial charge on any atom is 0.138 e. The van der Waals surface area contributed by atoms with E-state index in [1.807, 2.05) is 0 Å². The summed E-state index contributed by atoms with van der Waals surface area (Å²) >= 11 is 0. The molecule has 0 radical (unpaired) electrons. The Morgan fingerprint density at radius 2 is 1.77 bits per heavy atom. The minimum Gasteiger partial charge on any atom is -0.299 e. The van der Waals surface area contributed by atoms with Crippen molar-refractivity contribution >= 4 is 5.78 Å². The number of ketones is 1. The van der Waals surface area contributed by atoms with Gasteiger partial charge in [0.1, 0.15) is 5.78 Å². The van der Waals surface area contributed by atoms with Gasteiger partial charge in [-0.25, -0.2) is 0 Å². The summed E-state index contributed by atoms with van der Waals surface area (Å²) in [5, 5.41) is 0. The van der Waals surface area contributed by atoms with Crippen molar-refractivity contribution in [1.29, 1.82) is 0 Å². The normalized spacial score (nSPS) is 15.4. The van der Waals surface area contributed by atoms with Crippen LogP contribution in [0.4, 0.5) is 0 Å². The first-order valence-corrected chi connectivity index (χ1v) is 5.70. The molecule has 0 bridgehead atoms. The maximum atomic E-state index is 11.8. The van der Waals surface area contributed by atoms with Gasteiger partial charge in [0.25, 0.3) is 0 Å². The van der Waals surface area contributed by atoms with Crippen molar-refractivity contribution in [3.05, 3.63) is 0 Å². The van der Waals surface area contributed by atoms with Crippen LogP contribution in [0.25, 0.3) is 0 Å². The van der Waals surface area contributed by atoms with Crippen LogP contribution >= 0.6 is 0 Å². The molecule has 78 valence electrons. The molecule has 0 aliphatic carbocycles. The summed E-state index contributed by atoms with van der Waals surface area (Å²) in [6.07, 6.45) is 5.49. The molecule has 0 fully saturated rings. The van der Waals surface area contributed by atoms with Gasteiger partial charge in [0.15, 0.2) is 0 Å². The zero-order valence-electron chi connectivity index (χ0n) is 9.60. The molecular formula is C12H24O. The topological polar surface area (TPSA) is 17.1 Å². The third kappa shape index (κ3) is 4.44. The Hall–Kier alpha value is -0.330. The maximum absolute atomic E-state index is 11.8. The van der Waals surface area contributed by atoms with Crippen LogP contribution in [0.15, 0.2) is 0 Å². The first-order valence-electron chi connectivity index (χ1n) is 5.70. The number of rotatable bonds is 7. The fourth-order valence-corrected chi connectivity index (χ4v) is 1.60. The lowest BCUT2D eigenvalue weighted by Gasteiger charge is -2.16.